The number of nitrogens with one attached hydrogen (secondary N) is 1. The second-order valence-corrected chi connectivity index (χ2v) is 13.8. The summed E-state index contributed by atoms with van der Waals surface area (Å²) in [6.45, 7) is 17.9. The summed E-state index contributed by atoms with van der Waals surface area (Å²) in [5.41, 5.74) is 18.3. The largest absolute Gasteiger partial charge is 0.487 e. The molecular weight excluding hydrogens is 506 g/mol. The van der Waals surface area contributed by atoms with E-state index in [1.54, 1.807) is 18.2 Å². The zero-order chi connectivity index (χ0) is 30.3. The average Bonchev–Trinajstić information content (AvgIpc) is 2.86. The molecule has 0 bridgehead atoms. The lowest BCUT2D eigenvalue weighted by molar-refractivity contribution is 0.0513. The van der Waals surface area contributed by atoms with Crippen molar-refractivity contribution >= 4 is 23.0 Å². The molecule has 0 spiro atoms. The zero-order valence-electron chi connectivity index (χ0n) is 27.2. The van der Waals surface area contributed by atoms with Crippen molar-refractivity contribution in [3.8, 4) is 5.75 Å². The normalized spacial score (nSPS) is 18.1. The molecule has 0 fully saturated rings. The number of carbonyl (C=O) groups excluding carboxylic acids is 1. The monoisotopic (exact) mass is 563 g/mol. The number of anilines is 3. The van der Waals surface area contributed by atoms with E-state index in [0.717, 1.165) is 65.0 Å². The average molecular weight is 564 g/mol. The number of hydrogen-bond donors (Lipinski definition) is 3. The number of benzene rings is 2. The Labute approximate surface area is 250 Å². The molecule has 0 aromatic heterocycles. The van der Waals surface area contributed by atoms with Crippen molar-refractivity contribution in [3.05, 3.63) is 46.0 Å². The third-order valence-corrected chi connectivity index (χ3v) is 9.37. The van der Waals surface area contributed by atoms with Crippen LogP contribution < -0.4 is 21.5 Å². The van der Waals surface area contributed by atoms with Gasteiger partial charge < -0.3 is 21.5 Å². The zero-order valence-corrected chi connectivity index (χ0v) is 27.2. The van der Waals surface area contributed by atoms with Gasteiger partial charge in [0, 0.05) is 22.6 Å². The van der Waals surface area contributed by atoms with E-state index < -0.39 is 0 Å². The predicted molar refractivity (Wildman–Crippen MR) is 176 cm³/mol. The molecule has 41 heavy (non-hydrogen) atoms. The highest BCUT2D eigenvalue weighted by molar-refractivity contribution is 6.07. The summed E-state index contributed by atoms with van der Waals surface area (Å²) < 4.78 is 6.78. The first-order valence-electron chi connectivity index (χ1n) is 16.1. The van der Waals surface area contributed by atoms with Gasteiger partial charge >= 0.3 is 0 Å². The van der Waals surface area contributed by atoms with Crippen LogP contribution in [0.5, 0.6) is 5.75 Å². The van der Waals surface area contributed by atoms with E-state index >= 15 is 0 Å². The van der Waals surface area contributed by atoms with Gasteiger partial charge in [-0.3, -0.25) is 4.79 Å². The third-order valence-electron chi connectivity index (χ3n) is 9.37. The Morgan fingerprint density at radius 1 is 0.854 bits per heavy atom. The van der Waals surface area contributed by atoms with Crippen LogP contribution in [0.1, 0.15) is 131 Å². The smallest absolute Gasteiger partial charge is 0.256 e. The number of ether oxygens (including phenoxy) is 1. The first-order valence-corrected chi connectivity index (χ1v) is 16.1. The third kappa shape index (κ3) is 9.15. The fourth-order valence-corrected chi connectivity index (χ4v) is 6.57. The fourth-order valence-electron chi connectivity index (χ4n) is 6.57. The molecule has 3 rings (SSSR count). The maximum Gasteiger partial charge on any atom is 0.256 e. The topological polar surface area (TPSA) is 90.4 Å². The number of hydrogen-bond acceptors (Lipinski definition) is 4. The Morgan fingerprint density at radius 2 is 1.41 bits per heavy atom. The van der Waals surface area contributed by atoms with Crippen molar-refractivity contribution in [2.24, 2.45) is 17.8 Å². The van der Waals surface area contributed by atoms with Crippen molar-refractivity contribution in [1.29, 1.82) is 0 Å². The van der Waals surface area contributed by atoms with E-state index in [-0.39, 0.29) is 11.5 Å². The van der Waals surface area contributed by atoms with Crippen molar-refractivity contribution in [1.82, 2.24) is 0 Å². The van der Waals surface area contributed by atoms with Gasteiger partial charge in [0.25, 0.3) is 5.91 Å². The summed E-state index contributed by atoms with van der Waals surface area (Å²) >= 11 is 0. The molecule has 1 aliphatic rings. The van der Waals surface area contributed by atoms with Crippen LogP contribution in [0.15, 0.2) is 18.2 Å². The number of amides is 1. The first-order chi connectivity index (χ1) is 19.3. The SMILES string of the molecule is Cc1c(C)c(C(=O)Nc2cc(N)cc(N)c2)c(C)c2c1OC(C)(CCCC(C)CCCC(C)CCCC(C)C)CC2. The molecule has 2 aromatic carbocycles. The standard InChI is InChI=1S/C36H57N3O2/c1-23(2)12-9-13-24(3)14-10-15-25(4)16-11-18-36(8)19-17-32-28(7)33(26(5)27(6)34(32)41-36)35(40)39-31-21-29(37)20-30(38)22-31/h20-25H,9-19,37-38H2,1-8H3,(H,39,40). The predicted octanol–water partition coefficient (Wildman–Crippen LogP) is 9.55. The lowest BCUT2D eigenvalue weighted by atomic mass is 9.82. The highest BCUT2D eigenvalue weighted by atomic mass is 16.5. The molecule has 1 aliphatic heterocycles. The van der Waals surface area contributed by atoms with Crippen LogP contribution in [0.25, 0.3) is 0 Å². The van der Waals surface area contributed by atoms with E-state index in [2.05, 4.69) is 46.9 Å². The van der Waals surface area contributed by atoms with Gasteiger partial charge in [-0.15, -0.1) is 0 Å². The second-order valence-electron chi connectivity index (χ2n) is 13.8. The number of carbonyl (C=O) groups is 1. The summed E-state index contributed by atoms with van der Waals surface area (Å²) in [6.07, 6.45) is 13.6. The van der Waals surface area contributed by atoms with Gasteiger partial charge in [0.15, 0.2) is 0 Å². The summed E-state index contributed by atoms with van der Waals surface area (Å²) in [5.74, 6) is 3.29. The lowest BCUT2D eigenvalue weighted by Gasteiger charge is -2.38. The maximum absolute atomic E-state index is 13.4. The minimum absolute atomic E-state index is 0.136. The fraction of sp³-hybridized carbons (Fsp3) is 0.639. The Kier molecular flexibility index (Phi) is 11.6. The summed E-state index contributed by atoms with van der Waals surface area (Å²) in [5, 5.41) is 3.00. The van der Waals surface area contributed by atoms with Gasteiger partial charge in [-0.1, -0.05) is 72.6 Å². The van der Waals surface area contributed by atoms with Crippen LogP contribution in [0.3, 0.4) is 0 Å². The van der Waals surface area contributed by atoms with Gasteiger partial charge in [-0.2, -0.15) is 0 Å². The van der Waals surface area contributed by atoms with Crippen LogP contribution >= 0.6 is 0 Å². The molecule has 1 amide bonds. The summed E-state index contributed by atoms with van der Waals surface area (Å²) in [4.78, 5) is 13.4. The summed E-state index contributed by atoms with van der Waals surface area (Å²) in [7, 11) is 0. The molecule has 3 atom stereocenters. The second kappa shape index (κ2) is 14.5. The van der Waals surface area contributed by atoms with Gasteiger partial charge in [-0.05, 0) is 112 Å². The first kappa shape index (κ1) is 32.8. The van der Waals surface area contributed by atoms with Crippen LogP contribution in [-0.4, -0.2) is 11.5 Å². The molecule has 228 valence electrons. The van der Waals surface area contributed by atoms with Gasteiger partial charge in [0.2, 0.25) is 0 Å². The van der Waals surface area contributed by atoms with Crippen LogP contribution in [0.2, 0.25) is 0 Å². The molecule has 5 nitrogen and oxygen atoms in total. The van der Waals surface area contributed by atoms with Crippen molar-refractivity contribution in [3.63, 3.8) is 0 Å². The molecule has 0 saturated carbocycles. The quantitative estimate of drug-likeness (QED) is 0.200. The van der Waals surface area contributed by atoms with E-state index in [0.29, 0.717) is 17.1 Å². The van der Waals surface area contributed by atoms with Crippen molar-refractivity contribution in [2.45, 2.75) is 132 Å². The molecular formula is C36H57N3O2. The molecule has 2 aromatic rings. The van der Waals surface area contributed by atoms with E-state index in [4.69, 9.17) is 16.2 Å². The highest BCUT2D eigenvalue weighted by Gasteiger charge is 2.35. The van der Waals surface area contributed by atoms with E-state index in [9.17, 15) is 4.79 Å². The Bertz CT molecular complexity index is 1170. The van der Waals surface area contributed by atoms with E-state index in [1.165, 1.54) is 56.9 Å². The van der Waals surface area contributed by atoms with Crippen molar-refractivity contribution < 1.29 is 9.53 Å². The van der Waals surface area contributed by atoms with Gasteiger partial charge in [0.1, 0.15) is 11.4 Å². The van der Waals surface area contributed by atoms with E-state index in [1.807, 2.05) is 13.8 Å². The van der Waals surface area contributed by atoms with Gasteiger partial charge in [-0.25, -0.2) is 0 Å². The lowest BCUT2D eigenvalue weighted by Crippen LogP contribution is -2.37. The van der Waals surface area contributed by atoms with Crippen LogP contribution in [-0.2, 0) is 6.42 Å². The maximum atomic E-state index is 13.4. The van der Waals surface area contributed by atoms with Gasteiger partial charge in [0.05, 0.1) is 0 Å². The minimum Gasteiger partial charge on any atom is -0.487 e. The molecule has 0 radical (unpaired) electrons. The molecule has 5 heteroatoms. The highest BCUT2D eigenvalue weighted by Crippen LogP contribution is 2.43. The molecule has 0 aliphatic carbocycles. The molecule has 1 heterocycles. The molecule has 5 N–H and O–H groups in total. The Hall–Kier alpha value is -2.69. The molecule has 3 unspecified atom stereocenters. The summed E-state index contributed by atoms with van der Waals surface area (Å²) in [6, 6.07) is 5.14. The Morgan fingerprint density at radius 3 is 2.00 bits per heavy atom. The number of nitrogens with two attached hydrogens (primary N) is 2. The number of nitrogen functional groups attached to an aromatic ring is 2. The van der Waals surface area contributed by atoms with Crippen molar-refractivity contribution in [2.75, 3.05) is 16.8 Å². The number of fused-ring (bicyclic) bond motifs is 1. The number of rotatable bonds is 14. The molecule has 0 saturated heterocycles. The van der Waals surface area contributed by atoms with Crippen LogP contribution in [0.4, 0.5) is 17.1 Å². The Balaban J connectivity index is 1.55. The van der Waals surface area contributed by atoms with Crippen LogP contribution in [0, 0.1) is 38.5 Å². The minimum atomic E-state index is -0.163.